The molecule has 2 heterocycles. The molecular weight excluding hydrogens is 831 g/mol. The Hall–Kier alpha value is -6.74. The number of phenolic OH excluding ortho intramolecular Hbond substituents is 1. The van der Waals surface area contributed by atoms with Gasteiger partial charge in [-0.25, -0.2) is 4.98 Å². The number of aromatic amines is 1. The Kier molecular flexibility index (Phi) is 19.3. The van der Waals surface area contributed by atoms with E-state index in [9.17, 15) is 43.5 Å². The number of amides is 8. The van der Waals surface area contributed by atoms with Crippen molar-refractivity contribution in [1.29, 1.82) is 0 Å². The predicted molar refractivity (Wildman–Crippen MR) is 233 cm³/mol. The molecule has 1 saturated heterocycles. The number of aromatic nitrogens is 2. The number of likely N-dealkylation sites (tertiary alicyclic amines) is 1. The van der Waals surface area contributed by atoms with Crippen molar-refractivity contribution in [2.45, 2.75) is 133 Å². The van der Waals surface area contributed by atoms with E-state index in [0.29, 0.717) is 24.1 Å². The number of aliphatic imine (C=N–C) groups is 1. The van der Waals surface area contributed by atoms with Crippen LogP contribution in [0.1, 0.15) is 95.2 Å². The topological polar surface area (TPSA) is 365 Å². The fourth-order valence-corrected chi connectivity index (χ4v) is 8.06. The molecule has 15 N–H and O–H groups in total. The largest absolute Gasteiger partial charge is 0.508 e. The number of H-pyrrole nitrogens is 1. The monoisotopic (exact) mass is 893 g/mol. The van der Waals surface area contributed by atoms with E-state index in [-0.39, 0.29) is 75.7 Å². The number of guanidine groups is 1. The van der Waals surface area contributed by atoms with Gasteiger partial charge in [0.05, 0.1) is 6.33 Å². The highest BCUT2D eigenvalue weighted by Gasteiger charge is 2.41. The number of carbonyl (C=O) groups is 8. The normalized spacial score (nSPS) is 17.4. The highest BCUT2D eigenvalue weighted by Crippen LogP contribution is 2.29. The van der Waals surface area contributed by atoms with Crippen LogP contribution in [0.25, 0.3) is 0 Å². The summed E-state index contributed by atoms with van der Waals surface area (Å²) in [7, 11) is 0. The number of rotatable bonds is 24. The number of phenols is 1. The maximum absolute atomic E-state index is 14.7. The number of primary amides is 2. The number of nitrogens with zero attached hydrogens (tertiary/aromatic N) is 3. The molecule has 4 rings (SSSR count). The van der Waals surface area contributed by atoms with Crippen molar-refractivity contribution in [1.82, 2.24) is 41.5 Å². The van der Waals surface area contributed by atoms with Gasteiger partial charge in [-0.15, -0.1) is 0 Å². The summed E-state index contributed by atoms with van der Waals surface area (Å²) in [5, 5.41) is 23.3. The lowest BCUT2D eigenvalue weighted by atomic mass is 9.84. The molecule has 64 heavy (non-hydrogen) atoms. The summed E-state index contributed by atoms with van der Waals surface area (Å²) >= 11 is 0. The molecule has 2 aromatic rings. The van der Waals surface area contributed by atoms with Crippen LogP contribution >= 0.6 is 0 Å². The van der Waals surface area contributed by atoms with Crippen molar-refractivity contribution in [2.75, 3.05) is 13.1 Å². The molecule has 1 saturated carbocycles. The van der Waals surface area contributed by atoms with Gasteiger partial charge in [-0.2, -0.15) is 0 Å². The Morgan fingerprint density at radius 1 is 0.781 bits per heavy atom. The summed E-state index contributed by atoms with van der Waals surface area (Å²) in [5.41, 5.74) is 22.8. The molecule has 1 aromatic heterocycles. The molecule has 1 aliphatic heterocycles. The SMILES string of the molecule is CC(=O)N[C@H](CCC(N)=O)C(=O)N[C@H](Cc1cnc[nH]1)C(=O)N[C@@H](CC1CCCCC1)C(=O)N1CCC[C@@H]1C(=O)N[C@H](Cc1ccc(O)cc1)C(=O)N[C@@H](CCCN=C(N)N)C(N)=O. The van der Waals surface area contributed by atoms with Gasteiger partial charge in [-0.3, -0.25) is 43.3 Å². The molecule has 350 valence electrons. The third kappa shape index (κ3) is 16.2. The van der Waals surface area contributed by atoms with Gasteiger partial charge < -0.3 is 64.5 Å². The van der Waals surface area contributed by atoms with Crippen molar-refractivity contribution < 1.29 is 43.5 Å². The summed E-state index contributed by atoms with van der Waals surface area (Å²) in [6.07, 6.45) is 8.36. The van der Waals surface area contributed by atoms with E-state index < -0.39 is 83.5 Å². The lowest BCUT2D eigenvalue weighted by Crippen LogP contribution is -2.60. The lowest BCUT2D eigenvalue weighted by Gasteiger charge is -2.33. The van der Waals surface area contributed by atoms with Crippen LogP contribution < -0.4 is 49.5 Å². The Balaban J connectivity index is 1.57. The van der Waals surface area contributed by atoms with Gasteiger partial charge in [0, 0.05) is 51.2 Å². The maximum atomic E-state index is 14.7. The van der Waals surface area contributed by atoms with E-state index in [2.05, 4.69) is 41.5 Å². The van der Waals surface area contributed by atoms with Gasteiger partial charge in [0.1, 0.15) is 42.0 Å². The first-order chi connectivity index (χ1) is 30.5. The van der Waals surface area contributed by atoms with Crippen molar-refractivity contribution >= 4 is 53.2 Å². The van der Waals surface area contributed by atoms with Crippen molar-refractivity contribution in [3.05, 3.63) is 48.0 Å². The highest BCUT2D eigenvalue weighted by atomic mass is 16.3. The van der Waals surface area contributed by atoms with E-state index in [0.717, 1.165) is 32.1 Å². The first-order valence-corrected chi connectivity index (χ1v) is 21.7. The number of benzene rings is 1. The molecule has 8 amide bonds. The second kappa shape index (κ2) is 24.8. The van der Waals surface area contributed by atoms with Crippen LogP contribution in [0.2, 0.25) is 0 Å². The van der Waals surface area contributed by atoms with E-state index in [1.54, 1.807) is 12.1 Å². The van der Waals surface area contributed by atoms with Crippen LogP contribution in [0, 0.1) is 5.92 Å². The minimum atomic E-state index is -1.27. The Bertz CT molecular complexity index is 1950. The third-order valence-corrected chi connectivity index (χ3v) is 11.3. The van der Waals surface area contributed by atoms with E-state index in [1.807, 2.05) is 0 Å². The number of nitrogens with one attached hydrogen (secondary N) is 6. The molecule has 0 spiro atoms. The van der Waals surface area contributed by atoms with Gasteiger partial charge in [0.2, 0.25) is 47.3 Å². The maximum Gasteiger partial charge on any atom is 0.245 e. The molecular formula is C42H63N13O9. The van der Waals surface area contributed by atoms with E-state index in [1.165, 1.54) is 36.5 Å². The molecule has 1 aromatic carbocycles. The molecule has 6 atom stereocenters. The molecule has 22 nitrogen and oxygen atoms in total. The van der Waals surface area contributed by atoms with Crippen LogP contribution in [0.5, 0.6) is 5.75 Å². The van der Waals surface area contributed by atoms with Crippen molar-refractivity contribution in [3.8, 4) is 5.75 Å². The summed E-state index contributed by atoms with van der Waals surface area (Å²) in [5.74, 6) is -5.44. The van der Waals surface area contributed by atoms with Gasteiger partial charge in [-0.1, -0.05) is 44.2 Å². The number of aromatic hydroxyl groups is 1. The van der Waals surface area contributed by atoms with Crippen LogP contribution in [-0.2, 0) is 51.2 Å². The second-order valence-electron chi connectivity index (χ2n) is 16.4. The van der Waals surface area contributed by atoms with Crippen LogP contribution in [-0.4, -0.2) is 123 Å². The smallest absolute Gasteiger partial charge is 0.245 e. The molecule has 0 bridgehead atoms. The summed E-state index contributed by atoms with van der Waals surface area (Å²) in [6.45, 7) is 1.56. The van der Waals surface area contributed by atoms with Gasteiger partial charge in [0.25, 0.3) is 0 Å². The highest BCUT2D eigenvalue weighted by molar-refractivity contribution is 5.97. The molecule has 2 fully saturated rings. The first-order valence-electron chi connectivity index (χ1n) is 21.7. The molecule has 22 heteroatoms. The number of imidazole rings is 1. The molecule has 2 aliphatic rings. The summed E-state index contributed by atoms with van der Waals surface area (Å²) < 4.78 is 0. The zero-order valence-corrected chi connectivity index (χ0v) is 36.2. The third-order valence-electron chi connectivity index (χ3n) is 11.3. The molecule has 0 radical (unpaired) electrons. The average molecular weight is 894 g/mol. The second-order valence-corrected chi connectivity index (χ2v) is 16.4. The van der Waals surface area contributed by atoms with Crippen LogP contribution in [0.3, 0.4) is 0 Å². The minimum Gasteiger partial charge on any atom is -0.508 e. The standard InChI is InChI=1S/C42H63N13O9/c1-24(56)50-30(15-16-35(43)58)37(60)52-32(21-27-22-47-23-49-27)39(62)54-33(20-25-7-3-2-4-8-25)41(64)55-18-6-10-34(55)40(63)53-31(19-26-11-13-28(57)14-12-26)38(61)51-29(36(44)59)9-5-17-48-42(45)46/h11-14,22-23,25,29-34,57H,2-10,15-21H2,1H3,(H2,43,58)(H2,44,59)(H,47,49)(H,50,56)(H,51,61)(H,52,60)(H,53,63)(H,54,62)(H4,45,46,48)/t29-,30+,31+,32+,33-,34+/m0/s1. The minimum absolute atomic E-state index is 0.0114. The van der Waals surface area contributed by atoms with E-state index in [4.69, 9.17) is 22.9 Å². The number of carbonyl (C=O) groups excluding carboxylic acids is 8. The molecule has 0 unspecified atom stereocenters. The van der Waals surface area contributed by atoms with Crippen molar-refractivity contribution in [2.24, 2.45) is 33.8 Å². The Labute approximate surface area is 371 Å². The average Bonchev–Trinajstić information content (AvgIpc) is 3.96. The number of nitrogens with two attached hydrogens (primary N) is 4. The fourth-order valence-electron chi connectivity index (χ4n) is 8.06. The zero-order valence-electron chi connectivity index (χ0n) is 36.2. The summed E-state index contributed by atoms with van der Waals surface area (Å²) in [6, 6.07) is -0.971. The van der Waals surface area contributed by atoms with Crippen LogP contribution in [0.4, 0.5) is 0 Å². The van der Waals surface area contributed by atoms with Gasteiger partial charge >= 0.3 is 0 Å². The van der Waals surface area contributed by atoms with Crippen molar-refractivity contribution in [3.63, 3.8) is 0 Å². The first kappa shape index (κ1) is 49.9. The molecule has 1 aliphatic carbocycles. The van der Waals surface area contributed by atoms with Gasteiger partial charge in [0.15, 0.2) is 5.96 Å². The fraction of sp³-hybridized carbons (Fsp3) is 0.571. The quantitative estimate of drug-likeness (QED) is 0.0313. The lowest BCUT2D eigenvalue weighted by molar-refractivity contribution is -0.143. The Morgan fingerprint density at radius 3 is 2.03 bits per heavy atom. The van der Waals surface area contributed by atoms with Crippen LogP contribution in [0.15, 0.2) is 41.8 Å². The van der Waals surface area contributed by atoms with Gasteiger partial charge in [-0.05, 0) is 62.1 Å². The summed E-state index contributed by atoms with van der Waals surface area (Å²) in [4.78, 5) is 119. The number of hydrogen-bond acceptors (Lipinski definition) is 11. The zero-order chi connectivity index (χ0) is 46.8. The predicted octanol–water partition coefficient (Wildman–Crippen LogP) is -1.89. The Morgan fingerprint density at radius 2 is 1.42 bits per heavy atom. The van der Waals surface area contributed by atoms with E-state index >= 15 is 0 Å². The number of hydrogen-bond donors (Lipinski definition) is 11.